The third-order valence-electron chi connectivity index (χ3n) is 2.34. The zero-order chi connectivity index (χ0) is 13.3. The topological polar surface area (TPSA) is 42.9 Å². The summed E-state index contributed by atoms with van der Waals surface area (Å²) in [5.41, 5.74) is 0.902. The molecule has 0 radical (unpaired) electrons. The maximum Gasteiger partial charge on any atom is 0.179 e. The van der Waals surface area contributed by atoms with Crippen molar-refractivity contribution >= 4 is 28.9 Å². The van der Waals surface area contributed by atoms with Gasteiger partial charge in [-0.3, -0.25) is 4.79 Å². The van der Waals surface area contributed by atoms with Crippen molar-refractivity contribution in [2.75, 3.05) is 0 Å². The van der Waals surface area contributed by atoms with Crippen LogP contribution in [0.2, 0.25) is 0 Å². The second kappa shape index (κ2) is 5.16. The molecule has 2 aromatic rings. The molecule has 1 aromatic heterocycles. The van der Waals surface area contributed by atoms with Gasteiger partial charge < -0.3 is 0 Å². The smallest absolute Gasteiger partial charge is 0.179 e. The Kier molecular flexibility index (Phi) is 3.77. The number of hydrogen-bond acceptors (Lipinski definition) is 5. The lowest BCUT2D eigenvalue weighted by Crippen LogP contribution is -1.98. The van der Waals surface area contributed by atoms with E-state index in [0.29, 0.717) is 11.1 Å². The highest BCUT2D eigenvalue weighted by Crippen LogP contribution is 2.33. The quantitative estimate of drug-likeness (QED) is 0.806. The fraction of sp³-hybridized carbons (Fsp3) is 0.250. The molecular weight excluding hydrogens is 271 g/mol. The van der Waals surface area contributed by atoms with Gasteiger partial charge in [-0.25, -0.2) is 4.39 Å². The Hall–Kier alpha value is -1.27. The van der Waals surface area contributed by atoms with E-state index < -0.39 is 0 Å². The minimum atomic E-state index is -0.363. The van der Waals surface area contributed by atoms with Gasteiger partial charge in [0.2, 0.25) is 0 Å². The van der Waals surface area contributed by atoms with Crippen LogP contribution >= 0.6 is 23.1 Å². The summed E-state index contributed by atoms with van der Waals surface area (Å²) < 4.78 is 14.2. The molecule has 18 heavy (non-hydrogen) atoms. The molecule has 1 heterocycles. The van der Waals surface area contributed by atoms with E-state index in [1.165, 1.54) is 36.1 Å². The summed E-state index contributed by atoms with van der Waals surface area (Å²) in [4.78, 5) is 12.2. The molecule has 0 bridgehead atoms. The van der Waals surface area contributed by atoms with Crippen molar-refractivity contribution < 1.29 is 9.18 Å². The van der Waals surface area contributed by atoms with Gasteiger partial charge in [-0.15, -0.1) is 10.2 Å². The number of halogens is 1. The Bertz CT molecular complexity index is 610. The lowest BCUT2D eigenvalue weighted by atomic mass is 10.1. The van der Waals surface area contributed by atoms with Crippen molar-refractivity contribution in [1.29, 1.82) is 0 Å². The lowest BCUT2D eigenvalue weighted by molar-refractivity contribution is 0.101. The van der Waals surface area contributed by atoms with Crippen LogP contribution in [0.3, 0.4) is 0 Å². The molecule has 0 fully saturated rings. The van der Waals surface area contributed by atoms with Gasteiger partial charge in [0, 0.05) is 10.5 Å². The Morgan fingerprint density at radius 1 is 1.33 bits per heavy atom. The van der Waals surface area contributed by atoms with Crippen LogP contribution in [0.5, 0.6) is 0 Å². The molecule has 94 valence electrons. The maximum absolute atomic E-state index is 13.5. The van der Waals surface area contributed by atoms with Crippen molar-refractivity contribution in [3.05, 3.63) is 34.1 Å². The summed E-state index contributed by atoms with van der Waals surface area (Å²) in [7, 11) is 0. The molecule has 2 rings (SSSR count). The van der Waals surface area contributed by atoms with Gasteiger partial charge >= 0.3 is 0 Å². The zero-order valence-electron chi connectivity index (χ0n) is 10.2. The van der Waals surface area contributed by atoms with Gasteiger partial charge in [-0.2, -0.15) is 0 Å². The Morgan fingerprint density at radius 3 is 2.61 bits per heavy atom. The molecule has 0 aliphatic heterocycles. The molecule has 0 aliphatic carbocycles. The summed E-state index contributed by atoms with van der Waals surface area (Å²) in [5.74, 6) is -0.518. The average molecular weight is 282 g/mol. The van der Waals surface area contributed by atoms with E-state index in [-0.39, 0.29) is 11.6 Å². The third kappa shape index (κ3) is 2.76. The molecule has 1 aromatic carbocycles. The molecule has 0 saturated heterocycles. The van der Waals surface area contributed by atoms with Gasteiger partial charge in [0.05, 0.1) is 0 Å². The van der Waals surface area contributed by atoms with Gasteiger partial charge in [-0.1, -0.05) is 23.1 Å². The van der Waals surface area contributed by atoms with Gasteiger partial charge in [0.25, 0.3) is 0 Å². The highest BCUT2D eigenvalue weighted by molar-refractivity contribution is 8.01. The second-order valence-corrected chi connectivity index (χ2v) is 6.31. The number of aryl methyl sites for hydroxylation is 2. The SMILES string of the molecule is CC(=O)c1cc(F)c(C)cc1Sc1nnc(C)s1. The van der Waals surface area contributed by atoms with Crippen LogP contribution in [0.1, 0.15) is 27.9 Å². The highest BCUT2D eigenvalue weighted by Gasteiger charge is 2.14. The molecule has 3 nitrogen and oxygen atoms in total. The average Bonchev–Trinajstić information content (AvgIpc) is 2.68. The molecule has 0 saturated carbocycles. The molecular formula is C12H11FN2OS2. The predicted molar refractivity (Wildman–Crippen MR) is 69.9 cm³/mol. The summed E-state index contributed by atoms with van der Waals surface area (Å²) >= 11 is 2.79. The molecule has 0 spiro atoms. The predicted octanol–water partition coefficient (Wildman–Crippen LogP) is 3.65. The minimum absolute atomic E-state index is 0.155. The lowest BCUT2D eigenvalue weighted by Gasteiger charge is -2.06. The molecule has 0 aliphatic rings. The number of Topliss-reactive ketones (excluding diaryl/α,β-unsaturated/α-hetero) is 1. The van der Waals surface area contributed by atoms with E-state index in [9.17, 15) is 9.18 Å². The maximum atomic E-state index is 13.5. The number of hydrogen-bond donors (Lipinski definition) is 0. The molecule has 0 amide bonds. The number of aromatic nitrogens is 2. The number of ketones is 1. The van der Waals surface area contributed by atoms with Crippen LogP contribution in [0, 0.1) is 19.7 Å². The summed E-state index contributed by atoms with van der Waals surface area (Å²) in [6.45, 7) is 4.97. The van der Waals surface area contributed by atoms with Crippen molar-refractivity contribution in [2.45, 2.75) is 30.0 Å². The summed E-state index contributed by atoms with van der Waals surface area (Å²) in [6.07, 6.45) is 0. The first-order valence-corrected chi connectivity index (χ1v) is 6.89. The van der Waals surface area contributed by atoms with Crippen LogP contribution in [0.4, 0.5) is 4.39 Å². The van der Waals surface area contributed by atoms with E-state index in [4.69, 9.17) is 0 Å². The second-order valence-electron chi connectivity index (χ2n) is 3.84. The molecule has 0 unspecified atom stereocenters. The van der Waals surface area contributed by atoms with E-state index in [2.05, 4.69) is 10.2 Å². The Labute approximate surface area is 112 Å². The van der Waals surface area contributed by atoms with Crippen molar-refractivity contribution in [3.63, 3.8) is 0 Å². The van der Waals surface area contributed by atoms with E-state index in [1.807, 2.05) is 6.92 Å². The highest BCUT2D eigenvalue weighted by atomic mass is 32.2. The van der Waals surface area contributed by atoms with E-state index >= 15 is 0 Å². The number of carbonyl (C=O) groups excluding carboxylic acids is 1. The van der Waals surface area contributed by atoms with Crippen LogP contribution in [-0.2, 0) is 0 Å². The third-order valence-corrected chi connectivity index (χ3v) is 4.29. The van der Waals surface area contributed by atoms with Gasteiger partial charge in [0.15, 0.2) is 10.1 Å². The van der Waals surface area contributed by atoms with Gasteiger partial charge in [-0.05, 0) is 38.5 Å². The van der Waals surface area contributed by atoms with Gasteiger partial charge in [0.1, 0.15) is 10.8 Å². The summed E-state index contributed by atoms with van der Waals surface area (Å²) in [5, 5.41) is 8.77. The van der Waals surface area contributed by atoms with Crippen molar-refractivity contribution in [1.82, 2.24) is 10.2 Å². The largest absolute Gasteiger partial charge is 0.294 e. The van der Waals surface area contributed by atoms with Crippen LogP contribution in [0.25, 0.3) is 0 Å². The van der Waals surface area contributed by atoms with Crippen LogP contribution in [-0.4, -0.2) is 16.0 Å². The first-order valence-electron chi connectivity index (χ1n) is 5.26. The minimum Gasteiger partial charge on any atom is -0.294 e. The van der Waals surface area contributed by atoms with Crippen LogP contribution in [0.15, 0.2) is 21.4 Å². The normalized spacial score (nSPS) is 10.7. The standard InChI is InChI=1S/C12H11FN2OS2/c1-6-4-11(9(7(2)16)5-10(6)13)18-12-15-14-8(3)17-12/h4-5H,1-3H3. The number of nitrogens with zero attached hydrogens (tertiary/aromatic N) is 2. The Morgan fingerprint density at radius 2 is 2.06 bits per heavy atom. The van der Waals surface area contributed by atoms with E-state index in [1.54, 1.807) is 13.0 Å². The number of carbonyl (C=O) groups is 1. The monoisotopic (exact) mass is 282 g/mol. The van der Waals surface area contributed by atoms with Crippen molar-refractivity contribution in [2.24, 2.45) is 0 Å². The fourth-order valence-electron chi connectivity index (χ4n) is 1.43. The molecule has 0 atom stereocenters. The van der Waals surface area contributed by atoms with Crippen LogP contribution < -0.4 is 0 Å². The molecule has 6 heteroatoms. The number of benzene rings is 1. The Balaban J connectivity index is 2.42. The molecule has 0 N–H and O–H groups in total. The first-order chi connectivity index (χ1) is 8.47. The van der Waals surface area contributed by atoms with Crippen molar-refractivity contribution in [3.8, 4) is 0 Å². The number of rotatable bonds is 3. The summed E-state index contributed by atoms with van der Waals surface area (Å²) in [6, 6.07) is 2.96. The fourth-order valence-corrected chi connectivity index (χ4v) is 3.46. The zero-order valence-corrected chi connectivity index (χ0v) is 11.8. The first kappa shape index (κ1) is 13.2. The van der Waals surface area contributed by atoms with E-state index in [0.717, 1.165) is 14.2 Å².